The highest BCUT2D eigenvalue weighted by molar-refractivity contribution is 5.15. The molecular formula is C12H17NO3. The van der Waals surface area contributed by atoms with Crippen molar-refractivity contribution in [1.29, 1.82) is 0 Å². The first-order valence-corrected chi connectivity index (χ1v) is 5.82. The van der Waals surface area contributed by atoms with Gasteiger partial charge in [-0.3, -0.25) is 4.84 Å². The van der Waals surface area contributed by atoms with E-state index in [9.17, 15) is 5.11 Å². The van der Waals surface area contributed by atoms with Crippen LogP contribution in [0.25, 0.3) is 0 Å². The van der Waals surface area contributed by atoms with E-state index >= 15 is 0 Å². The molecule has 3 atom stereocenters. The second kappa shape index (κ2) is 3.58. The topological polar surface area (TPSA) is 45.8 Å². The minimum Gasteiger partial charge on any atom is -0.468 e. The lowest BCUT2D eigenvalue weighted by Crippen LogP contribution is -2.35. The van der Waals surface area contributed by atoms with Crippen LogP contribution in [0.15, 0.2) is 22.8 Å². The van der Waals surface area contributed by atoms with Crippen LogP contribution in [-0.4, -0.2) is 29.9 Å². The van der Waals surface area contributed by atoms with Crippen molar-refractivity contribution in [3.05, 3.63) is 24.2 Å². The smallest absolute Gasteiger partial charge is 0.124 e. The molecule has 1 aromatic rings. The van der Waals surface area contributed by atoms with E-state index in [1.807, 2.05) is 24.2 Å². The first-order chi connectivity index (χ1) is 7.78. The molecular weight excluding hydrogens is 206 g/mol. The van der Waals surface area contributed by atoms with Gasteiger partial charge in [0.1, 0.15) is 11.8 Å². The number of hydrogen-bond donors (Lipinski definition) is 1. The third-order valence-electron chi connectivity index (χ3n) is 4.06. The quantitative estimate of drug-likeness (QED) is 0.829. The molecule has 3 rings (SSSR count). The summed E-state index contributed by atoms with van der Waals surface area (Å²) in [6.45, 7) is 0.160. The highest BCUT2D eigenvalue weighted by Crippen LogP contribution is 2.56. The largest absolute Gasteiger partial charge is 0.468 e. The molecule has 0 amide bonds. The zero-order valence-electron chi connectivity index (χ0n) is 9.43. The van der Waals surface area contributed by atoms with Gasteiger partial charge in [-0.2, -0.15) is 5.06 Å². The van der Waals surface area contributed by atoms with E-state index in [4.69, 9.17) is 9.25 Å². The van der Waals surface area contributed by atoms with E-state index in [1.165, 1.54) is 0 Å². The summed E-state index contributed by atoms with van der Waals surface area (Å²) in [5.41, 5.74) is -0.174. The van der Waals surface area contributed by atoms with Crippen molar-refractivity contribution in [1.82, 2.24) is 5.06 Å². The lowest BCUT2D eigenvalue weighted by Gasteiger charge is -2.30. The van der Waals surface area contributed by atoms with Gasteiger partial charge in [-0.05, 0) is 31.4 Å². The molecule has 2 fully saturated rings. The molecule has 0 bridgehead atoms. The Morgan fingerprint density at radius 3 is 3.19 bits per heavy atom. The van der Waals surface area contributed by atoms with Crippen LogP contribution in [0, 0.1) is 5.41 Å². The zero-order chi connectivity index (χ0) is 11.2. The first kappa shape index (κ1) is 10.3. The van der Waals surface area contributed by atoms with Gasteiger partial charge in [-0.25, -0.2) is 0 Å². The number of hydroxylamine groups is 2. The van der Waals surface area contributed by atoms with Crippen LogP contribution in [0.5, 0.6) is 0 Å². The Labute approximate surface area is 94.8 Å². The molecule has 1 saturated carbocycles. The van der Waals surface area contributed by atoms with E-state index in [1.54, 1.807) is 6.26 Å². The van der Waals surface area contributed by atoms with E-state index in [2.05, 4.69) is 0 Å². The fourth-order valence-corrected chi connectivity index (χ4v) is 3.34. The third-order valence-corrected chi connectivity index (χ3v) is 4.06. The van der Waals surface area contributed by atoms with Crippen LogP contribution in [-0.2, 0) is 4.84 Å². The van der Waals surface area contributed by atoms with Gasteiger partial charge in [0.25, 0.3) is 0 Å². The zero-order valence-corrected chi connectivity index (χ0v) is 9.43. The minimum absolute atomic E-state index is 0.0417. The van der Waals surface area contributed by atoms with Crippen molar-refractivity contribution >= 4 is 0 Å². The molecule has 1 aromatic heterocycles. The van der Waals surface area contributed by atoms with Crippen molar-refractivity contribution in [3.63, 3.8) is 0 Å². The lowest BCUT2D eigenvalue weighted by atomic mass is 9.77. The summed E-state index contributed by atoms with van der Waals surface area (Å²) in [6.07, 6.45) is 4.97. The average molecular weight is 223 g/mol. The maximum Gasteiger partial charge on any atom is 0.124 e. The maximum absolute atomic E-state index is 9.77. The fraction of sp³-hybridized carbons (Fsp3) is 0.667. The highest BCUT2D eigenvalue weighted by atomic mass is 16.7. The molecule has 1 saturated heterocycles. The Morgan fingerprint density at radius 2 is 2.50 bits per heavy atom. The van der Waals surface area contributed by atoms with Gasteiger partial charge in [-0.15, -0.1) is 0 Å². The molecule has 1 N–H and O–H groups in total. The number of fused-ring (bicyclic) bond motifs is 1. The molecule has 88 valence electrons. The summed E-state index contributed by atoms with van der Waals surface area (Å²) >= 11 is 0. The second-order valence-electron chi connectivity index (χ2n) is 4.84. The van der Waals surface area contributed by atoms with Crippen LogP contribution in [0.4, 0.5) is 0 Å². The van der Waals surface area contributed by atoms with Gasteiger partial charge in [0.2, 0.25) is 0 Å². The van der Waals surface area contributed by atoms with E-state index < -0.39 is 0 Å². The van der Waals surface area contributed by atoms with Crippen LogP contribution < -0.4 is 0 Å². The van der Waals surface area contributed by atoms with Crippen molar-refractivity contribution in [2.75, 3.05) is 13.7 Å². The Morgan fingerprint density at radius 1 is 1.62 bits per heavy atom. The summed E-state index contributed by atoms with van der Waals surface area (Å²) in [6, 6.07) is 3.89. The lowest BCUT2D eigenvalue weighted by molar-refractivity contribution is -0.147. The molecule has 16 heavy (non-hydrogen) atoms. The molecule has 0 spiro atoms. The molecule has 2 heterocycles. The van der Waals surface area contributed by atoms with Crippen LogP contribution >= 0.6 is 0 Å². The van der Waals surface area contributed by atoms with Gasteiger partial charge >= 0.3 is 0 Å². The summed E-state index contributed by atoms with van der Waals surface area (Å²) in [4.78, 5) is 5.83. The second-order valence-corrected chi connectivity index (χ2v) is 4.84. The number of aliphatic hydroxyl groups is 1. The Hall–Kier alpha value is -0.840. The number of nitrogens with zero attached hydrogens (tertiary/aromatic N) is 1. The number of rotatable bonds is 2. The van der Waals surface area contributed by atoms with Crippen LogP contribution in [0.3, 0.4) is 0 Å². The van der Waals surface area contributed by atoms with Crippen molar-refractivity contribution in [2.24, 2.45) is 5.41 Å². The molecule has 1 aliphatic heterocycles. The van der Waals surface area contributed by atoms with Crippen LogP contribution in [0.1, 0.15) is 31.1 Å². The number of aliphatic hydroxyl groups excluding tert-OH is 1. The van der Waals surface area contributed by atoms with Gasteiger partial charge in [-0.1, -0.05) is 0 Å². The predicted molar refractivity (Wildman–Crippen MR) is 57.5 cm³/mol. The molecule has 0 radical (unpaired) electrons. The van der Waals surface area contributed by atoms with E-state index in [0.717, 1.165) is 25.0 Å². The number of furan rings is 1. The molecule has 4 heteroatoms. The Balaban J connectivity index is 2.01. The first-order valence-electron chi connectivity index (χ1n) is 5.82. The van der Waals surface area contributed by atoms with E-state index in [-0.39, 0.29) is 24.2 Å². The standard InChI is InChI=1S/C12H17NO3/c1-13-11(9-4-3-7-15-9)12(8-14)6-2-5-10(12)16-13/h3-4,7,10-11,14H,2,5-6,8H2,1H3/t10-,11-,12-/m1/s1. The monoisotopic (exact) mass is 223 g/mol. The summed E-state index contributed by atoms with van der Waals surface area (Å²) in [5.74, 6) is 0.890. The van der Waals surface area contributed by atoms with Gasteiger partial charge in [0, 0.05) is 12.5 Å². The third kappa shape index (κ3) is 1.21. The Kier molecular flexibility index (Phi) is 2.31. The SMILES string of the molecule is CN1O[C@@H]2CCC[C@]2(CO)[C@H]1c1ccco1. The van der Waals surface area contributed by atoms with Crippen molar-refractivity contribution in [2.45, 2.75) is 31.4 Å². The van der Waals surface area contributed by atoms with Crippen LogP contribution in [0.2, 0.25) is 0 Å². The molecule has 1 aliphatic carbocycles. The molecule has 0 aromatic carbocycles. The minimum atomic E-state index is -0.174. The fourth-order valence-electron chi connectivity index (χ4n) is 3.34. The van der Waals surface area contributed by atoms with Gasteiger partial charge in [0.05, 0.1) is 19.0 Å². The molecule has 0 unspecified atom stereocenters. The van der Waals surface area contributed by atoms with Gasteiger partial charge in [0.15, 0.2) is 0 Å². The number of hydrogen-bond acceptors (Lipinski definition) is 4. The van der Waals surface area contributed by atoms with Crippen molar-refractivity contribution in [3.8, 4) is 0 Å². The van der Waals surface area contributed by atoms with Gasteiger partial charge < -0.3 is 9.52 Å². The van der Waals surface area contributed by atoms with Crippen molar-refractivity contribution < 1.29 is 14.4 Å². The predicted octanol–water partition coefficient (Wildman–Crippen LogP) is 1.73. The Bertz CT molecular complexity index is 364. The normalized spacial score (nSPS) is 39.1. The van der Waals surface area contributed by atoms with E-state index in [0.29, 0.717) is 0 Å². The summed E-state index contributed by atoms with van der Waals surface area (Å²) in [7, 11) is 1.92. The maximum atomic E-state index is 9.77. The summed E-state index contributed by atoms with van der Waals surface area (Å²) in [5, 5.41) is 11.6. The summed E-state index contributed by atoms with van der Waals surface area (Å²) < 4.78 is 5.49. The molecule has 4 nitrogen and oxygen atoms in total. The molecule has 2 aliphatic rings. The highest BCUT2D eigenvalue weighted by Gasteiger charge is 2.58. The average Bonchev–Trinajstić information content (AvgIpc) is 2.92.